The Bertz CT molecular complexity index is 250. The number of hydrogen-bond acceptors (Lipinski definition) is 0. The molecule has 0 aromatic heterocycles. The van der Waals surface area contributed by atoms with Crippen LogP contribution in [0.2, 0.25) is 0 Å². The van der Waals surface area contributed by atoms with Crippen LogP contribution in [0.5, 0.6) is 0 Å². The molecular formula is C16H25. The Morgan fingerprint density at radius 1 is 0.938 bits per heavy atom. The summed E-state index contributed by atoms with van der Waals surface area (Å²) in [5.41, 5.74) is 1.39. The Morgan fingerprint density at radius 2 is 1.56 bits per heavy atom. The highest BCUT2D eigenvalue weighted by Crippen LogP contribution is 2.21. The lowest BCUT2D eigenvalue weighted by atomic mass is 9.95. The zero-order valence-electron chi connectivity index (χ0n) is 10.6. The Balaban J connectivity index is 2.09. The van der Waals surface area contributed by atoms with Gasteiger partial charge in [0.05, 0.1) is 0 Å². The minimum atomic E-state index is 0.479. The maximum Gasteiger partial charge on any atom is -0.0162 e. The highest BCUT2D eigenvalue weighted by Gasteiger charge is 2.03. The molecule has 0 aliphatic carbocycles. The maximum absolute atomic E-state index is 4.24. The predicted octanol–water partition coefficient (Wildman–Crippen LogP) is 5.35. The van der Waals surface area contributed by atoms with Crippen molar-refractivity contribution < 1.29 is 0 Å². The van der Waals surface area contributed by atoms with Crippen LogP contribution in [0, 0.1) is 6.92 Å². The summed E-state index contributed by atoms with van der Waals surface area (Å²) in [6.45, 7) is 6.51. The third kappa shape index (κ3) is 5.34. The summed E-state index contributed by atoms with van der Waals surface area (Å²) in [6.07, 6.45) is 9.47. The van der Waals surface area contributed by atoms with Crippen LogP contribution < -0.4 is 0 Å². The van der Waals surface area contributed by atoms with Crippen LogP contribution in [0.4, 0.5) is 0 Å². The highest BCUT2D eigenvalue weighted by molar-refractivity contribution is 5.20. The SMILES string of the molecule is [CH2]C(CCCCCCCC)c1ccccc1. The minimum absolute atomic E-state index is 0.479. The van der Waals surface area contributed by atoms with Gasteiger partial charge in [0.2, 0.25) is 0 Å². The molecule has 1 aromatic carbocycles. The fourth-order valence-electron chi connectivity index (χ4n) is 2.06. The van der Waals surface area contributed by atoms with Crippen molar-refractivity contribution in [3.8, 4) is 0 Å². The zero-order valence-corrected chi connectivity index (χ0v) is 10.6. The van der Waals surface area contributed by atoms with Crippen LogP contribution >= 0.6 is 0 Å². The largest absolute Gasteiger partial charge is 0.0654 e. The quantitative estimate of drug-likeness (QED) is 0.514. The van der Waals surface area contributed by atoms with Crippen LogP contribution in [-0.2, 0) is 0 Å². The molecule has 0 N–H and O–H groups in total. The number of unbranched alkanes of at least 4 members (excludes halogenated alkanes) is 5. The summed E-state index contributed by atoms with van der Waals surface area (Å²) in [5, 5.41) is 0. The standard InChI is InChI=1S/C16H25/c1-3-4-5-6-7-9-12-15(2)16-13-10-8-11-14-16/h8,10-11,13-15H,2-7,9,12H2,1H3. The fraction of sp³-hybridized carbons (Fsp3) is 0.562. The molecule has 0 bridgehead atoms. The van der Waals surface area contributed by atoms with Crippen molar-refractivity contribution in [2.75, 3.05) is 0 Å². The topological polar surface area (TPSA) is 0 Å². The van der Waals surface area contributed by atoms with Crippen molar-refractivity contribution in [1.29, 1.82) is 0 Å². The molecular weight excluding hydrogens is 192 g/mol. The van der Waals surface area contributed by atoms with Gasteiger partial charge in [0.25, 0.3) is 0 Å². The molecule has 0 saturated heterocycles. The van der Waals surface area contributed by atoms with Crippen molar-refractivity contribution >= 4 is 0 Å². The molecule has 1 atom stereocenters. The smallest absolute Gasteiger partial charge is 0.0162 e. The molecule has 1 rings (SSSR count). The van der Waals surface area contributed by atoms with E-state index < -0.39 is 0 Å². The normalized spacial score (nSPS) is 12.6. The van der Waals surface area contributed by atoms with Crippen molar-refractivity contribution in [3.05, 3.63) is 42.8 Å². The van der Waals surface area contributed by atoms with Crippen molar-refractivity contribution in [2.45, 2.75) is 57.8 Å². The molecule has 16 heavy (non-hydrogen) atoms. The monoisotopic (exact) mass is 217 g/mol. The van der Waals surface area contributed by atoms with E-state index in [9.17, 15) is 0 Å². The Hall–Kier alpha value is -0.780. The van der Waals surface area contributed by atoms with Gasteiger partial charge >= 0.3 is 0 Å². The van der Waals surface area contributed by atoms with Gasteiger partial charge in [-0.3, -0.25) is 0 Å². The maximum atomic E-state index is 4.24. The van der Waals surface area contributed by atoms with E-state index in [-0.39, 0.29) is 0 Å². The van der Waals surface area contributed by atoms with Gasteiger partial charge in [-0.15, -0.1) is 0 Å². The molecule has 0 saturated carbocycles. The molecule has 1 radical (unpaired) electrons. The molecule has 0 aliphatic rings. The van der Waals surface area contributed by atoms with Gasteiger partial charge in [0.15, 0.2) is 0 Å². The number of benzene rings is 1. The Kier molecular flexibility index (Phi) is 6.96. The summed E-state index contributed by atoms with van der Waals surface area (Å²) < 4.78 is 0. The lowest BCUT2D eigenvalue weighted by molar-refractivity contribution is 0.572. The van der Waals surface area contributed by atoms with E-state index in [1.54, 1.807) is 0 Å². The Labute approximate surface area is 101 Å². The Morgan fingerprint density at radius 3 is 2.25 bits per heavy atom. The molecule has 0 spiro atoms. The first-order chi connectivity index (χ1) is 7.84. The van der Waals surface area contributed by atoms with E-state index >= 15 is 0 Å². The minimum Gasteiger partial charge on any atom is -0.0654 e. The summed E-state index contributed by atoms with van der Waals surface area (Å²) in [5.74, 6) is 0.479. The van der Waals surface area contributed by atoms with E-state index in [0.717, 1.165) is 0 Å². The van der Waals surface area contributed by atoms with Crippen LogP contribution in [0.3, 0.4) is 0 Å². The zero-order chi connectivity index (χ0) is 11.6. The predicted molar refractivity (Wildman–Crippen MR) is 72.5 cm³/mol. The van der Waals surface area contributed by atoms with Gasteiger partial charge in [0, 0.05) is 0 Å². The van der Waals surface area contributed by atoms with Gasteiger partial charge in [-0.2, -0.15) is 0 Å². The lowest BCUT2D eigenvalue weighted by Gasteiger charge is -2.11. The van der Waals surface area contributed by atoms with E-state index in [4.69, 9.17) is 0 Å². The average molecular weight is 217 g/mol. The number of rotatable bonds is 8. The molecule has 1 aromatic rings. The second-order valence-corrected chi connectivity index (χ2v) is 4.66. The molecule has 1 unspecified atom stereocenters. The summed E-state index contributed by atoms with van der Waals surface area (Å²) in [6, 6.07) is 10.7. The van der Waals surface area contributed by atoms with Gasteiger partial charge in [0.1, 0.15) is 0 Å². The molecule has 0 heteroatoms. The van der Waals surface area contributed by atoms with Crippen LogP contribution in [0.1, 0.15) is 63.4 Å². The summed E-state index contributed by atoms with van der Waals surface area (Å²) >= 11 is 0. The number of hydrogen-bond donors (Lipinski definition) is 0. The highest BCUT2D eigenvalue weighted by atomic mass is 14.1. The molecule has 0 nitrogen and oxygen atoms in total. The molecule has 0 aliphatic heterocycles. The van der Waals surface area contributed by atoms with Crippen molar-refractivity contribution in [1.82, 2.24) is 0 Å². The molecule has 0 fully saturated rings. The first-order valence-electron chi connectivity index (χ1n) is 6.72. The van der Waals surface area contributed by atoms with Gasteiger partial charge < -0.3 is 0 Å². The molecule has 0 amide bonds. The van der Waals surface area contributed by atoms with Crippen molar-refractivity contribution in [2.24, 2.45) is 0 Å². The van der Waals surface area contributed by atoms with Crippen LogP contribution in [0.15, 0.2) is 30.3 Å². The third-order valence-corrected chi connectivity index (χ3v) is 3.18. The van der Waals surface area contributed by atoms with E-state index in [0.29, 0.717) is 5.92 Å². The van der Waals surface area contributed by atoms with Gasteiger partial charge in [-0.25, -0.2) is 0 Å². The molecule has 0 heterocycles. The first kappa shape index (κ1) is 13.3. The lowest BCUT2D eigenvalue weighted by Crippen LogP contribution is -1.93. The second kappa shape index (κ2) is 8.38. The van der Waals surface area contributed by atoms with Crippen LogP contribution in [-0.4, -0.2) is 0 Å². The summed E-state index contributed by atoms with van der Waals surface area (Å²) in [4.78, 5) is 0. The third-order valence-electron chi connectivity index (χ3n) is 3.18. The average Bonchev–Trinajstić information content (AvgIpc) is 2.34. The van der Waals surface area contributed by atoms with Gasteiger partial charge in [-0.1, -0.05) is 75.8 Å². The van der Waals surface area contributed by atoms with Crippen LogP contribution in [0.25, 0.3) is 0 Å². The fourth-order valence-corrected chi connectivity index (χ4v) is 2.06. The van der Waals surface area contributed by atoms with E-state index in [1.807, 2.05) is 0 Å². The summed E-state index contributed by atoms with van der Waals surface area (Å²) in [7, 11) is 0. The van der Waals surface area contributed by atoms with Gasteiger partial charge in [-0.05, 0) is 24.8 Å². The second-order valence-electron chi connectivity index (χ2n) is 4.66. The molecule has 89 valence electrons. The van der Waals surface area contributed by atoms with E-state index in [2.05, 4.69) is 44.2 Å². The van der Waals surface area contributed by atoms with E-state index in [1.165, 1.54) is 50.5 Å². The van der Waals surface area contributed by atoms with Crippen molar-refractivity contribution in [3.63, 3.8) is 0 Å². The first-order valence-corrected chi connectivity index (χ1v) is 6.72.